The molecule has 0 bridgehead atoms. The zero-order valence-electron chi connectivity index (χ0n) is 9.51. The minimum atomic E-state index is -1.06. The Bertz CT molecular complexity index is 400. The van der Waals surface area contributed by atoms with Gasteiger partial charge in [-0.1, -0.05) is 13.8 Å². The summed E-state index contributed by atoms with van der Waals surface area (Å²) in [7, 11) is 0. The quantitative estimate of drug-likeness (QED) is 0.740. The summed E-state index contributed by atoms with van der Waals surface area (Å²) in [5.74, 6) is -2.45. The number of halogens is 2. The number of carbonyl (C=O) groups is 1. The van der Waals surface area contributed by atoms with E-state index in [0.717, 1.165) is 6.07 Å². The molecule has 2 nitrogen and oxygen atoms in total. The van der Waals surface area contributed by atoms with Gasteiger partial charge in [0.2, 0.25) is 5.82 Å². The Labute approximate surface area is 93.2 Å². The third-order valence-electron chi connectivity index (χ3n) is 1.97. The second-order valence-corrected chi connectivity index (χ2v) is 4.03. The van der Waals surface area contributed by atoms with Crippen LogP contribution < -0.4 is 4.74 Å². The Morgan fingerprint density at radius 3 is 2.50 bits per heavy atom. The molecule has 0 aliphatic carbocycles. The lowest BCUT2D eigenvalue weighted by Gasteiger charge is -2.10. The van der Waals surface area contributed by atoms with E-state index in [9.17, 15) is 13.6 Å². The van der Waals surface area contributed by atoms with E-state index < -0.39 is 11.6 Å². The molecule has 0 aliphatic rings. The highest BCUT2D eigenvalue weighted by molar-refractivity contribution is 5.94. The molecule has 1 aromatic carbocycles. The topological polar surface area (TPSA) is 26.3 Å². The molecule has 0 N–H and O–H groups in total. The van der Waals surface area contributed by atoms with Gasteiger partial charge >= 0.3 is 0 Å². The highest BCUT2D eigenvalue weighted by atomic mass is 19.2. The van der Waals surface area contributed by atoms with E-state index in [0.29, 0.717) is 0 Å². The van der Waals surface area contributed by atoms with Crippen LogP contribution in [0, 0.1) is 17.6 Å². The summed E-state index contributed by atoms with van der Waals surface area (Å²) in [6.07, 6.45) is 0. The fourth-order valence-electron chi connectivity index (χ4n) is 1.13. The van der Waals surface area contributed by atoms with Crippen LogP contribution in [0.1, 0.15) is 31.1 Å². The second-order valence-electron chi connectivity index (χ2n) is 4.03. The molecule has 0 heterocycles. The highest BCUT2D eigenvalue weighted by Gasteiger charge is 2.14. The van der Waals surface area contributed by atoms with Crippen LogP contribution >= 0.6 is 0 Å². The number of rotatable bonds is 4. The maximum atomic E-state index is 13.3. The van der Waals surface area contributed by atoms with Crippen molar-refractivity contribution in [3.8, 4) is 5.75 Å². The zero-order valence-corrected chi connectivity index (χ0v) is 9.51. The first kappa shape index (κ1) is 12.6. The van der Waals surface area contributed by atoms with Gasteiger partial charge in [0.05, 0.1) is 6.61 Å². The van der Waals surface area contributed by atoms with E-state index in [1.807, 2.05) is 13.8 Å². The van der Waals surface area contributed by atoms with Gasteiger partial charge in [0.25, 0.3) is 0 Å². The summed E-state index contributed by atoms with van der Waals surface area (Å²) in [6.45, 7) is 5.35. The average Bonchev–Trinajstić information content (AvgIpc) is 2.19. The summed E-state index contributed by atoms with van der Waals surface area (Å²) in [5, 5.41) is 0. The molecule has 0 unspecified atom stereocenters. The van der Waals surface area contributed by atoms with Crippen molar-refractivity contribution in [3.63, 3.8) is 0 Å². The van der Waals surface area contributed by atoms with E-state index in [4.69, 9.17) is 4.74 Å². The predicted octanol–water partition coefficient (Wildman–Crippen LogP) is 3.20. The normalized spacial score (nSPS) is 10.6. The van der Waals surface area contributed by atoms with Crippen LogP contribution in [-0.4, -0.2) is 12.4 Å². The van der Waals surface area contributed by atoms with Gasteiger partial charge in [0, 0.05) is 5.56 Å². The van der Waals surface area contributed by atoms with Gasteiger partial charge in [-0.15, -0.1) is 0 Å². The lowest BCUT2D eigenvalue weighted by molar-refractivity contribution is 0.101. The third-order valence-corrected chi connectivity index (χ3v) is 1.97. The van der Waals surface area contributed by atoms with Crippen LogP contribution in [0.25, 0.3) is 0 Å². The maximum absolute atomic E-state index is 13.3. The molecule has 0 aromatic heterocycles. The van der Waals surface area contributed by atoms with Crippen LogP contribution in [0.5, 0.6) is 5.75 Å². The first-order valence-electron chi connectivity index (χ1n) is 5.04. The first-order chi connectivity index (χ1) is 7.41. The van der Waals surface area contributed by atoms with Crippen molar-refractivity contribution in [2.75, 3.05) is 6.61 Å². The van der Waals surface area contributed by atoms with Crippen molar-refractivity contribution >= 4 is 5.78 Å². The van der Waals surface area contributed by atoms with Crippen LogP contribution in [0.2, 0.25) is 0 Å². The summed E-state index contributed by atoms with van der Waals surface area (Å²) < 4.78 is 31.5. The minimum absolute atomic E-state index is 0.109. The lowest BCUT2D eigenvalue weighted by Crippen LogP contribution is -2.07. The molecule has 0 radical (unpaired) electrons. The van der Waals surface area contributed by atoms with Gasteiger partial charge in [-0.05, 0) is 25.0 Å². The molecule has 1 rings (SSSR count). The van der Waals surface area contributed by atoms with Gasteiger partial charge in [-0.2, -0.15) is 4.39 Å². The van der Waals surface area contributed by atoms with E-state index in [2.05, 4.69) is 0 Å². The fourth-order valence-corrected chi connectivity index (χ4v) is 1.13. The van der Waals surface area contributed by atoms with Gasteiger partial charge in [-0.3, -0.25) is 4.79 Å². The fraction of sp³-hybridized carbons (Fsp3) is 0.417. The Morgan fingerprint density at radius 1 is 1.38 bits per heavy atom. The Kier molecular flexibility index (Phi) is 3.99. The number of ether oxygens (including phenoxy) is 1. The molecular weight excluding hydrogens is 214 g/mol. The first-order valence-corrected chi connectivity index (χ1v) is 5.04. The summed E-state index contributed by atoms with van der Waals surface area (Å²) >= 11 is 0. The zero-order chi connectivity index (χ0) is 12.3. The molecule has 4 heteroatoms. The van der Waals surface area contributed by atoms with Gasteiger partial charge in [-0.25, -0.2) is 4.39 Å². The number of ketones is 1. The number of hydrogen-bond donors (Lipinski definition) is 0. The Morgan fingerprint density at radius 2 is 2.00 bits per heavy atom. The van der Waals surface area contributed by atoms with Crippen molar-refractivity contribution in [1.29, 1.82) is 0 Å². The number of Topliss-reactive ketones (excluding diaryl/α,β-unsaturated/α-hetero) is 1. The molecular formula is C12H14F2O2. The van der Waals surface area contributed by atoms with Crippen LogP contribution in [0.4, 0.5) is 8.78 Å². The third kappa shape index (κ3) is 3.02. The molecule has 0 saturated heterocycles. The largest absolute Gasteiger partial charge is 0.490 e. The van der Waals surface area contributed by atoms with E-state index >= 15 is 0 Å². The molecule has 88 valence electrons. The summed E-state index contributed by atoms with van der Waals surface area (Å²) in [6, 6.07) is 2.10. The monoisotopic (exact) mass is 228 g/mol. The maximum Gasteiger partial charge on any atom is 0.200 e. The van der Waals surface area contributed by atoms with Crippen molar-refractivity contribution in [1.82, 2.24) is 0 Å². The van der Waals surface area contributed by atoms with Crippen LogP contribution in [-0.2, 0) is 0 Å². The predicted molar refractivity (Wildman–Crippen MR) is 56.7 cm³/mol. The summed E-state index contributed by atoms with van der Waals surface area (Å²) in [5.41, 5.74) is 0.109. The minimum Gasteiger partial charge on any atom is -0.490 e. The van der Waals surface area contributed by atoms with Crippen LogP contribution in [0.3, 0.4) is 0 Å². The molecule has 0 saturated carbocycles. The van der Waals surface area contributed by atoms with Crippen molar-refractivity contribution in [2.24, 2.45) is 5.92 Å². The lowest BCUT2D eigenvalue weighted by atomic mass is 10.1. The molecule has 0 fully saturated rings. The standard InChI is InChI=1S/C12H14F2O2/c1-7(2)6-16-11-5-9(8(3)15)4-10(13)12(11)14/h4-5,7H,6H2,1-3H3. The Balaban J connectivity index is 3.02. The van der Waals surface area contributed by atoms with Gasteiger partial charge < -0.3 is 4.74 Å². The summed E-state index contributed by atoms with van der Waals surface area (Å²) in [4.78, 5) is 11.1. The highest BCUT2D eigenvalue weighted by Crippen LogP contribution is 2.23. The van der Waals surface area contributed by atoms with E-state index in [1.54, 1.807) is 0 Å². The molecule has 0 spiro atoms. The molecule has 0 amide bonds. The van der Waals surface area contributed by atoms with Gasteiger partial charge in [0.15, 0.2) is 17.3 Å². The number of carbonyl (C=O) groups excluding carboxylic acids is 1. The molecule has 16 heavy (non-hydrogen) atoms. The average molecular weight is 228 g/mol. The second kappa shape index (κ2) is 5.05. The van der Waals surface area contributed by atoms with Crippen molar-refractivity contribution in [2.45, 2.75) is 20.8 Å². The number of hydrogen-bond acceptors (Lipinski definition) is 2. The van der Waals surface area contributed by atoms with Crippen LogP contribution in [0.15, 0.2) is 12.1 Å². The SMILES string of the molecule is CC(=O)c1cc(F)c(F)c(OCC(C)C)c1. The van der Waals surface area contributed by atoms with E-state index in [1.165, 1.54) is 13.0 Å². The van der Waals surface area contributed by atoms with Gasteiger partial charge in [0.1, 0.15) is 0 Å². The molecule has 0 aliphatic heterocycles. The smallest absolute Gasteiger partial charge is 0.200 e. The van der Waals surface area contributed by atoms with Crippen molar-refractivity contribution in [3.05, 3.63) is 29.3 Å². The number of benzene rings is 1. The Hall–Kier alpha value is -1.45. The van der Waals surface area contributed by atoms with E-state index in [-0.39, 0.29) is 29.6 Å². The molecule has 0 atom stereocenters. The van der Waals surface area contributed by atoms with Crippen molar-refractivity contribution < 1.29 is 18.3 Å². The molecule has 1 aromatic rings.